The van der Waals surface area contributed by atoms with Crippen LogP contribution < -0.4 is 0 Å². The van der Waals surface area contributed by atoms with Gasteiger partial charge in [0.1, 0.15) is 5.78 Å². The molecule has 0 heterocycles. The lowest BCUT2D eigenvalue weighted by atomic mass is 9.98. The first-order valence-electron chi connectivity index (χ1n) is 9.64. The third-order valence-electron chi connectivity index (χ3n) is 5.15. The van der Waals surface area contributed by atoms with Gasteiger partial charge in [-0.1, -0.05) is 61.0 Å². The maximum absolute atomic E-state index is 12.3. The number of sulfone groups is 1. The third kappa shape index (κ3) is 5.29. The zero-order valence-corrected chi connectivity index (χ0v) is 17.3. The summed E-state index contributed by atoms with van der Waals surface area (Å²) < 4.78 is 23.0. The highest BCUT2D eigenvalue weighted by molar-refractivity contribution is 7.90. The number of carbonyl (C=O) groups is 1. The van der Waals surface area contributed by atoms with E-state index in [9.17, 15) is 13.2 Å². The van der Waals surface area contributed by atoms with Gasteiger partial charge in [0.25, 0.3) is 0 Å². The molecule has 0 spiro atoms. The van der Waals surface area contributed by atoms with Gasteiger partial charge in [0.2, 0.25) is 0 Å². The molecule has 0 radical (unpaired) electrons. The van der Waals surface area contributed by atoms with Gasteiger partial charge in [-0.05, 0) is 53.7 Å². The van der Waals surface area contributed by atoms with Crippen LogP contribution in [0, 0.1) is 0 Å². The van der Waals surface area contributed by atoms with E-state index in [0.717, 1.165) is 24.8 Å². The van der Waals surface area contributed by atoms with E-state index < -0.39 is 9.84 Å². The molecule has 0 fully saturated rings. The van der Waals surface area contributed by atoms with Crippen LogP contribution in [0.4, 0.5) is 0 Å². The SMILES string of the molecule is CCc1ccc(C2=CC=C(CCC(=O)Cc3ccc(S(C)(=O)=O)cc3)C2)cc1. The number of Topliss-reactive ketones (excluding diaryl/α,β-unsaturated/α-hetero) is 1. The summed E-state index contributed by atoms with van der Waals surface area (Å²) in [5, 5.41) is 0. The van der Waals surface area contributed by atoms with E-state index in [-0.39, 0.29) is 10.7 Å². The Hall–Kier alpha value is -2.46. The van der Waals surface area contributed by atoms with Gasteiger partial charge in [-0.2, -0.15) is 0 Å². The van der Waals surface area contributed by atoms with Crippen molar-refractivity contribution < 1.29 is 13.2 Å². The lowest BCUT2D eigenvalue weighted by Gasteiger charge is -2.07. The molecule has 0 saturated heterocycles. The monoisotopic (exact) mass is 394 g/mol. The third-order valence-corrected chi connectivity index (χ3v) is 6.28. The van der Waals surface area contributed by atoms with Crippen molar-refractivity contribution >= 4 is 21.2 Å². The number of benzene rings is 2. The van der Waals surface area contributed by atoms with Crippen LogP contribution in [0.2, 0.25) is 0 Å². The highest BCUT2D eigenvalue weighted by Gasteiger charge is 2.13. The van der Waals surface area contributed by atoms with Gasteiger partial charge >= 0.3 is 0 Å². The number of ketones is 1. The number of hydrogen-bond acceptors (Lipinski definition) is 3. The van der Waals surface area contributed by atoms with E-state index in [1.54, 1.807) is 24.3 Å². The van der Waals surface area contributed by atoms with Crippen LogP contribution in [0.5, 0.6) is 0 Å². The molecule has 2 aromatic rings. The summed E-state index contributed by atoms with van der Waals surface area (Å²) >= 11 is 0. The molecule has 4 heteroatoms. The minimum atomic E-state index is -3.20. The molecule has 1 aliphatic carbocycles. The van der Waals surface area contributed by atoms with Gasteiger partial charge in [-0.15, -0.1) is 0 Å². The smallest absolute Gasteiger partial charge is 0.175 e. The summed E-state index contributed by atoms with van der Waals surface area (Å²) in [5.41, 5.74) is 6.04. The minimum Gasteiger partial charge on any atom is -0.299 e. The molecule has 2 aromatic carbocycles. The van der Waals surface area contributed by atoms with Crippen molar-refractivity contribution in [2.24, 2.45) is 0 Å². The number of aryl methyl sites for hydroxylation is 1. The van der Waals surface area contributed by atoms with Crippen molar-refractivity contribution in [2.45, 2.75) is 43.9 Å². The molecule has 0 atom stereocenters. The molecule has 28 heavy (non-hydrogen) atoms. The quantitative estimate of drug-likeness (QED) is 0.636. The second-order valence-corrected chi connectivity index (χ2v) is 9.39. The Kier molecular flexibility index (Phi) is 6.30. The Morgan fingerprint density at radius 1 is 0.929 bits per heavy atom. The molecule has 0 bridgehead atoms. The van der Waals surface area contributed by atoms with Crippen LogP contribution in [0.1, 0.15) is 42.9 Å². The van der Waals surface area contributed by atoms with Gasteiger partial charge < -0.3 is 0 Å². The van der Waals surface area contributed by atoms with Gasteiger partial charge in [-0.3, -0.25) is 4.79 Å². The fraction of sp³-hybridized carbons (Fsp3) is 0.292. The topological polar surface area (TPSA) is 51.2 Å². The molecule has 0 amide bonds. The maximum Gasteiger partial charge on any atom is 0.175 e. The second kappa shape index (κ2) is 8.70. The normalized spacial score (nSPS) is 13.9. The van der Waals surface area contributed by atoms with E-state index >= 15 is 0 Å². The number of allylic oxidation sites excluding steroid dienone is 4. The summed E-state index contributed by atoms with van der Waals surface area (Å²) in [6.07, 6.45) is 9.05. The molecule has 0 aromatic heterocycles. The fourth-order valence-electron chi connectivity index (χ4n) is 3.38. The second-order valence-electron chi connectivity index (χ2n) is 7.38. The molecule has 0 unspecified atom stereocenters. The molecule has 0 aliphatic heterocycles. The Labute approximate surface area is 167 Å². The molecule has 1 aliphatic rings. The largest absolute Gasteiger partial charge is 0.299 e. The van der Waals surface area contributed by atoms with Crippen LogP contribution in [0.25, 0.3) is 5.57 Å². The minimum absolute atomic E-state index is 0.175. The lowest BCUT2D eigenvalue weighted by Crippen LogP contribution is -2.04. The summed E-state index contributed by atoms with van der Waals surface area (Å²) in [6, 6.07) is 15.3. The molecular formula is C24H26O3S. The van der Waals surface area contributed by atoms with Crippen LogP contribution in [-0.2, 0) is 27.5 Å². The number of hydrogen-bond donors (Lipinski definition) is 0. The molecule has 0 N–H and O–H groups in total. The number of carbonyl (C=O) groups excluding carboxylic acids is 1. The predicted octanol–water partition coefficient (Wildman–Crippen LogP) is 4.96. The van der Waals surface area contributed by atoms with E-state index in [1.807, 2.05) is 0 Å². The molecule has 3 nitrogen and oxygen atoms in total. The first-order valence-corrected chi connectivity index (χ1v) is 11.5. The average Bonchev–Trinajstić information content (AvgIpc) is 3.15. The average molecular weight is 395 g/mol. The maximum atomic E-state index is 12.3. The van der Waals surface area contributed by atoms with Crippen LogP contribution in [0.3, 0.4) is 0 Å². The van der Waals surface area contributed by atoms with Crippen LogP contribution >= 0.6 is 0 Å². The summed E-state index contributed by atoms with van der Waals surface area (Å²) in [6.45, 7) is 2.15. The van der Waals surface area contributed by atoms with Gasteiger partial charge in [0.15, 0.2) is 9.84 Å². The van der Waals surface area contributed by atoms with Crippen molar-refractivity contribution in [3.63, 3.8) is 0 Å². The van der Waals surface area contributed by atoms with E-state index in [4.69, 9.17) is 0 Å². The van der Waals surface area contributed by atoms with Gasteiger partial charge in [0, 0.05) is 19.1 Å². The van der Waals surface area contributed by atoms with E-state index in [2.05, 4.69) is 43.3 Å². The van der Waals surface area contributed by atoms with Gasteiger partial charge in [-0.25, -0.2) is 8.42 Å². The Balaban J connectivity index is 1.48. The Bertz CT molecular complexity index is 1010. The molecule has 146 valence electrons. The summed E-state index contributed by atoms with van der Waals surface area (Å²) in [4.78, 5) is 12.6. The van der Waals surface area contributed by atoms with Crippen molar-refractivity contribution in [1.29, 1.82) is 0 Å². The van der Waals surface area contributed by atoms with Crippen molar-refractivity contribution in [2.75, 3.05) is 6.26 Å². The van der Waals surface area contributed by atoms with Crippen LogP contribution in [-0.4, -0.2) is 20.5 Å². The molecule has 0 saturated carbocycles. The standard InChI is InChI=1S/C24H26O3S/c1-3-18-4-10-21(11-5-18)22-12-6-19(16-22)7-13-23(25)17-20-8-14-24(15-9-20)28(2,26)27/h4-6,8-12,14-15H,3,7,13,16-17H2,1-2H3. The van der Waals surface area contributed by atoms with Gasteiger partial charge in [0.05, 0.1) is 4.90 Å². The molecular weight excluding hydrogens is 368 g/mol. The van der Waals surface area contributed by atoms with Crippen molar-refractivity contribution in [1.82, 2.24) is 0 Å². The summed E-state index contributed by atoms with van der Waals surface area (Å²) in [7, 11) is -3.20. The van der Waals surface area contributed by atoms with Crippen molar-refractivity contribution in [3.05, 3.63) is 82.9 Å². The zero-order valence-electron chi connectivity index (χ0n) is 16.4. The zero-order chi connectivity index (χ0) is 20.1. The first-order chi connectivity index (χ1) is 13.3. The highest BCUT2D eigenvalue weighted by Crippen LogP contribution is 2.30. The Morgan fingerprint density at radius 3 is 2.18 bits per heavy atom. The van der Waals surface area contributed by atoms with Crippen molar-refractivity contribution in [3.8, 4) is 0 Å². The summed E-state index contributed by atoms with van der Waals surface area (Å²) in [5.74, 6) is 0.175. The Morgan fingerprint density at radius 2 is 1.57 bits per heavy atom. The lowest BCUT2D eigenvalue weighted by molar-refractivity contribution is -0.118. The van der Waals surface area contributed by atoms with Crippen LogP contribution in [0.15, 0.2) is 71.2 Å². The highest BCUT2D eigenvalue weighted by atomic mass is 32.2. The fourth-order valence-corrected chi connectivity index (χ4v) is 4.01. The number of rotatable bonds is 8. The van der Waals surface area contributed by atoms with E-state index in [1.165, 1.54) is 28.5 Å². The predicted molar refractivity (Wildman–Crippen MR) is 114 cm³/mol. The van der Waals surface area contributed by atoms with E-state index in [0.29, 0.717) is 12.8 Å². The first kappa shape index (κ1) is 20.3. The molecule has 3 rings (SSSR count).